The van der Waals surface area contributed by atoms with Crippen molar-refractivity contribution in [1.82, 2.24) is 5.32 Å². The largest absolute Gasteiger partial charge is 0.488 e. The van der Waals surface area contributed by atoms with Gasteiger partial charge in [-0.25, -0.2) is 4.39 Å². The Kier molecular flexibility index (Phi) is 5.33. The number of hydrogen-bond donors (Lipinski definition) is 1. The van der Waals surface area contributed by atoms with E-state index in [2.05, 4.69) is 21.2 Å². The minimum absolute atomic E-state index is 0.187. The van der Waals surface area contributed by atoms with Gasteiger partial charge in [-0.15, -0.1) is 0 Å². The van der Waals surface area contributed by atoms with Crippen molar-refractivity contribution in [3.63, 3.8) is 0 Å². The molecule has 1 heterocycles. The van der Waals surface area contributed by atoms with E-state index in [1.165, 1.54) is 23.9 Å². The van der Waals surface area contributed by atoms with Gasteiger partial charge in [0.15, 0.2) is 0 Å². The van der Waals surface area contributed by atoms with E-state index < -0.39 is 0 Å². The van der Waals surface area contributed by atoms with Gasteiger partial charge in [-0.3, -0.25) is 4.79 Å². The number of carbonyl (C=O) groups is 1. The van der Waals surface area contributed by atoms with Crippen LogP contribution in [-0.2, 0) is 11.4 Å². The van der Waals surface area contributed by atoms with E-state index in [0.717, 1.165) is 15.6 Å². The smallest absolute Gasteiger partial charge is 0.263 e. The first-order chi connectivity index (χ1) is 11.5. The summed E-state index contributed by atoms with van der Waals surface area (Å²) in [5.74, 6) is 0.162. The molecule has 0 unspecified atom stereocenters. The first kappa shape index (κ1) is 17.1. The second kappa shape index (κ2) is 7.46. The average Bonchev–Trinajstić information content (AvgIpc) is 2.84. The molecule has 0 radical (unpaired) electrons. The molecular weight excluding hydrogens is 413 g/mol. The molecule has 3 rings (SSSR count). The minimum atomic E-state index is -0.289. The third-order valence-corrected chi connectivity index (χ3v) is 4.96. The summed E-state index contributed by atoms with van der Waals surface area (Å²) in [6.45, 7) is 0.267. The maximum absolute atomic E-state index is 13.2. The Balaban J connectivity index is 1.72. The van der Waals surface area contributed by atoms with Crippen molar-refractivity contribution in [2.45, 2.75) is 6.61 Å². The summed E-state index contributed by atoms with van der Waals surface area (Å²) in [4.78, 5) is 12.2. The number of ether oxygens (including phenoxy) is 1. The van der Waals surface area contributed by atoms with Crippen LogP contribution in [0.1, 0.15) is 11.1 Å². The second-order valence-electron chi connectivity index (χ2n) is 4.96. The lowest BCUT2D eigenvalue weighted by Gasteiger charge is -2.09. The number of benzene rings is 2. The van der Waals surface area contributed by atoms with Gasteiger partial charge in [0.25, 0.3) is 5.91 Å². The molecule has 0 aromatic heterocycles. The number of amides is 1. The van der Waals surface area contributed by atoms with Gasteiger partial charge in [0.2, 0.25) is 0 Å². The molecule has 1 N–H and O–H groups in total. The van der Waals surface area contributed by atoms with Crippen LogP contribution < -0.4 is 10.1 Å². The fraction of sp³-hybridized carbons (Fsp3) is 0.0588. The molecule has 2 aromatic rings. The zero-order valence-corrected chi connectivity index (χ0v) is 15.4. The van der Waals surface area contributed by atoms with Crippen molar-refractivity contribution < 1.29 is 13.9 Å². The van der Waals surface area contributed by atoms with E-state index in [9.17, 15) is 9.18 Å². The number of thioether (sulfide) groups is 1. The summed E-state index contributed by atoms with van der Waals surface area (Å²) in [5, 5.41) is 2.58. The quantitative estimate of drug-likeness (QED) is 0.573. The standard InChI is InChI=1S/C17H11BrFNO2S2/c18-13-7-10(8-15-16(21)20-17(23)24-15)4-5-14(13)22-9-11-2-1-3-12(19)6-11/h1-8H,9H2,(H,20,21,23). The number of hydrogen-bond acceptors (Lipinski definition) is 4. The SMILES string of the molecule is O=C1NC(=S)SC1=Cc1ccc(OCc2cccc(F)c2)c(Br)c1. The fourth-order valence-corrected chi connectivity index (χ4v) is 3.64. The second-order valence-corrected chi connectivity index (χ2v) is 7.53. The highest BCUT2D eigenvalue weighted by Crippen LogP contribution is 2.30. The highest BCUT2D eigenvalue weighted by atomic mass is 79.9. The van der Waals surface area contributed by atoms with Crippen LogP contribution in [0.15, 0.2) is 51.8 Å². The number of rotatable bonds is 4. The molecule has 0 spiro atoms. The zero-order valence-electron chi connectivity index (χ0n) is 12.2. The minimum Gasteiger partial charge on any atom is -0.488 e. The molecular formula is C17H11BrFNO2S2. The van der Waals surface area contributed by atoms with Crippen LogP contribution >= 0.6 is 39.9 Å². The van der Waals surface area contributed by atoms with Crippen LogP contribution in [0.3, 0.4) is 0 Å². The summed E-state index contributed by atoms with van der Waals surface area (Å²) < 4.78 is 20.1. The summed E-state index contributed by atoms with van der Waals surface area (Å²) in [7, 11) is 0. The van der Waals surface area contributed by atoms with Crippen molar-refractivity contribution in [3.05, 3.63) is 68.8 Å². The van der Waals surface area contributed by atoms with Crippen LogP contribution in [0, 0.1) is 5.82 Å². The fourth-order valence-electron chi connectivity index (χ4n) is 2.08. The lowest BCUT2D eigenvalue weighted by Crippen LogP contribution is -2.17. The Morgan fingerprint density at radius 3 is 2.79 bits per heavy atom. The van der Waals surface area contributed by atoms with Crippen molar-refractivity contribution in [2.75, 3.05) is 0 Å². The van der Waals surface area contributed by atoms with E-state index in [1.807, 2.05) is 12.1 Å². The molecule has 122 valence electrons. The molecule has 1 aliphatic heterocycles. The van der Waals surface area contributed by atoms with Crippen molar-refractivity contribution in [2.24, 2.45) is 0 Å². The number of carbonyl (C=O) groups excluding carboxylic acids is 1. The van der Waals surface area contributed by atoms with Gasteiger partial charge in [-0.2, -0.15) is 0 Å². The lowest BCUT2D eigenvalue weighted by atomic mass is 10.2. The lowest BCUT2D eigenvalue weighted by molar-refractivity contribution is -0.115. The Morgan fingerprint density at radius 2 is 2.12 bits per heavy atom. The number of thiocarbonyl (C=S) groups is 1. The maximum Gasteiger partial charge on any atom is 0.263 e. The molecule has 1 amide bonds. The molecule has 2 aromatic carbocycles. The van der Waals surface area contributed by atoms with Gasteiger partial charge in [0.1, 0.15) is 22.5 Å². The van der Waals surface area contributed by atoms with Crippen molar-refractivity contribution in [1.29, 1.82) is 0 Å². The van der Waals surface area contributed by atoms with Crippen molar-refractivity contribution in [3.8, 4) is 5.75 Å². The molecule has 1 saturated heterocycles. The van der Waals surface area contributed by atoms with E-state index >= 15 is 0 Å². The van der Waals surface area contributed by atoms with Crippen LogP contribution in [-0.4, -0.2) is 10.2 Å². The van der Waals surface area contributed by atoms with Gasteiger partial charge in [-0.05, 0) is 57.4 Å². The van der Waals surface area contributed by atoms with E-state index in [-0.39, 0.29) is 18.3 Å². The van der Waals surface area contributed by atoms with Crippen LogP contribution in [0.2, 0.25) is 0 Å². The third-order valence-electron chi connectivity index (χ3n) is 3.18. The first-order valence-electron chi connectivity index (χ1n) is 6.93. The van der Waals surface area contributed by atoms with E-state index in [1.54, 1.807) is 24.3 Å². The predicted octanol–water partition coefficient (Wildman–Crippen LogP) is 4.66. The Morgan fingerprint density at radius 1 is 1.29 bits per heavy atom. The first-order valence-corrected chi connectivity index (χ1v) is 8.95. The summed E-state index contributed by atoms with van der Waals surface area (Å²) >= 11 is 9.65. The third kappa shape index (κ3) is 4.23. The number of halogens is 2. The number of nitrogens with one attached hydrogen (secondary N) is 1. The van der Waals surface area contributed by atoms with E-state index in [4.69, 9.17) is 17.0 Å². The molecule has 0 bridgehead atoms. The molecule has 0 aliphatic carbocycles. The molecule has 24 heavy (non-hydrogen) atoms. The summed E-state index contributed by atoms with van der Waals surface area (Å²) in [6.07, 6.45) is 1.76. The monoisotopic (exact) mass is 423 g/mol. The molecule has 0 atom stereocenters. The van der Waals surface area contributed by atoms with Gasteiger partial charge in [-0.1, -0.05) is 42.2 Å². The molecule has 3 nitrogen and oxygen atoms in total. The van der Waals surface area contributed by atoms with Gasteiger partial charge in [0, 0.05) is 0 Å². The normalized spacial score (nSPS) is 15.7. The zero-order chi connectivity index (χ0) is 17.1. The topological polar surface area (TPSA) is 38.3 Å². The van der Waals surface area contributed by atoms with Gasteiger partial charge in [0.05, 0.1) is 9.38 Å². The average molecular weight is 424 g/mol. The van der Waals surface area contributed by atoms with E-state index in [0.29, 0.717) is 15.0 Å². The molecule has 0 saturated carbocycles. The van der Waals surface area contributed by atoms with Gasteiger partial charge >= 0.3 is 0 Å². The van der Waals surface area contributed by atoms with Crippen LogP contribution in [0.5, 0.6) is 5.75 Å². The Hall–Kier alpha value is -1.70. The molecule has 1 aliphatic rings. The summed E-state index contributed by atoms with van der Waals surface area (Å²) in [6, 6.07) is 11.8. The Bertz CT molecular complexity index is 854. The van der Waals surface area contributed by atoms with Crippen LogP contribution in [0.25, 0.3) is 6.08 Å². The highest BCUT2D eigenvalue weighted by Gasteiger charge is 2.21. The maximum atomic E-state index is 13.2. The molecule has 7 heteroatoms. The predicted molar refractivity (Wildman–Crippen MR) is 101 cm³/mol. The van der Waals surface area contributed by atoms with Gasteiger partial charge < -0.3 is 10.1 Å². The van der Waals surface area contributed by atoms with Crippen LogP contribution in [0.4, 0.5) is 4.39 Å². The Labute approximate surface area is 156 Å². The summed E-state index contributed by atoms with van der Waals surface area (Å²) in [5.41, 5.74) is 1.60. The molecule has 1 fully saturated rings. The van der Waals surface area contributed by atoms with Crippen molar-refractivity contribution >= 4 is 56.2 Å². The highest BCUT2D eigenvalue weighted by molar-refractivity contribution is 9.10.